The van der Waals surface area contributed by atoms with Crippen molar-refractivity contribution >= 4 is 34.9 Å². The first-order valence-corrected chi connectivity index (χ1v) is 8.69. The van der Waals surface area contributed by atoms with Crippen LogP contribution in [-0.4, -0.2) is 21.6 Å². The number of nitrogens with one attached hydrogen (secondary N) is 2. The van der Waals surface area contributed by atoms with Crippen LogP contribution in [0.2, 0.25) is 5.02 Å². The second-order valence-corrected chi connectivity index (χ2v) is 6.65. The number of nitrogens with zero attached hydrogens (tertiary/aromatic N) is 2. The number of aromatic nitrogens is 2. The highest BCUT2D eigenvalue weighted by Crippen LogP contribution is 2.35. The van der Waals surface area contributed by atoms with Gasteiger partial charge in [0, 0.05) is 11.3 Å². The lowest BCUT2D eigenvalue weighted by atomic mass is 10.1. The van der Waals surface area contributed by atoms with Gasteiger partial charge in [0.2, 0.25) is 5.91 Å². The van der Waals surface area contributed by atoms with Crippen LogP contribution in [0.4, 0.5) is 20.3 Å². The molecule has 0 spiro atoms. The van der Waals surface area contributed by atoms with Crippen molar-refractivity contribution in [3.05, 3.63) is 65.3 Å². The molecule has 0 aliphatic carbocycles. The van der Waals surface area contributed by atoms with E-state index in [-0.39, 0.29) is 23.2 Å². The summed E-state index contributed by atoms with van der Waals surface area (Å²) in [4.78, 5) is 24.7. The molecular weight excluding hydrogens is 390 g/mol. The van der Waals surface area contributed by atoms with Crippen molar-refractivity contribution < 1.29 is 18.4 Å². The maximum absolute atomic E-state index is 13.2. The van der Waals surface area contributed by atoms with Crippen molar-refractivity contribution in [3.8, 4) is 11.1 Å². The average Bonchev–Trinajstić information content (AvgIpc) is 3.19. The summed E-state index contributed by atoms with van der Waals surface area (Å²) in [5, 5.41) is 9.38. The predicted molar refractivity (Wildman–Crippen MR) is 99.9 cm³/mol. The molecule has 0 saturated carbocycles. The molecule has 9 heteroatoms. The third-order valence-corrected chi connectivity index (χ3v) is 4.66. The molecule has 1 aliphatic heterocycles. The van der Waals surface area contributed by atoms with E-state index in [4.69, 9.17) is 11.6 Å². The van der Waals surface area contributed by atoms with Crippen molar-refractivity contribution in [1.29, 1.82) is 0 Å². The van der Waals surface area contributed by atoms with Crippen LogP contribution >= 0.6 is 11.6 Å². The standard InChI is InChI=1S/C19H13ClF2N4O2/c20-14-7-12(5-6-15(14)22)24-17(27)8-16-19(28)25-18-13(9-23-26(16)18)10-1-3-11(21)4-2-10/h1-7,9,16H,8H2,(H,24,27)(H,25,28). The molecule has 1 aliphatic rings. The minimum Gasteiger partial charge on any atom is -0.326 e. The highest BCUT2D eigenvalue weighted by Gasteiger charge is 2.35. The summed E-state index contributed by atoms with van der Waals surface area (Å²) in [5.41, 5.74) is 1.64. The third-order valence-electron chi connectivity index (χ3n) is 4.37. The molecule has 6 nitrogen and oxygen atoms in total. The zero-order valence-corrected chi connectivity index (χ0v) is 15.0. The third kappa shape index (κ3) is 3.34. The van der Waals surface area contributed by atoms with Crippen LogP contribution in [0.25, 0.3) is 11.1 Å². The maximum atomic E-state index is 13.2. The van der Waals surface area contributed by atoms with Crippen LogP contribution in [0, 0.1) is 11.6 Å². The van der Waals surface area contributed by atoms with E-state index in [0.717, 1.165) is 6.07 Å². The summed E-state index contributed by atoms with van der Waals surface area (Å²) < 4.78 is 27.8. The normalized spacial score (nSPS) is 15.2. The summed E-state index contributed by atoms with van der Waals surface area (Å²) in [6, 6.07) is 8.76. The minimum absolute atomic E-state index is 0.116. The number of carbonyl (C=O) groups excluding carboxylic acids is 2. The van der Waals surface area contributed by atoms with E-state index in [0.29, 0.717) is 22.6 Å². The monoisotopic (exact) mass is 402 g/mol. The molecule has 0 bridgehead atoms. The largest absolute Gasteiger partial charge is 0.326 e. The fourth-order valence-corrected chi connectivity index (χ4v) is 3.20. The smallest absolute Gasteiger partial charge is 0.251 e. The fraction of sp³-hybridized carbons (Fsp3) is 0.105. The summed E-state index contributed by atoms with van der Waals surface area (Å²) in [5.74, 6) is -1.34. The second-order valence-electron chi connectivity index (χ2n) is 6.24. The Balaban J connectivity index is 1.52. The van der Waals surface area contributed by atoms with Gasteiger partial charge in [0.05, 0.1) is 17.6 Å². The lowest BCUT2D eigenvalue weighted by Crippen LogP contribution is -2.23. The number of benzene rings is 2. The number of fused-ring (bicyclic) bond motifs is 1. The number of carbonyl (C=O) groups is 2. The van der Waals surface area contributed by atoms with Crippen molar-refractivity contribution in [1.82, 2.24) is 9.78 Å². The van der Waals surface area contributed by atoms with E-state index in [1.165, 1.54) is 28.9 Å². The lowest BCUT2D eigenvalue weighted by Gasteiger charge is -2.10. The first-order valence-electron chi connectivity index (χ1n) is 8.31. The Morgan fingerprint density at radius 1 is 1.21 bits per heavy atom. The molecule has 1 atom stereocenters. The SMILES string of the molecule is O=C(CC1C(=O)Nc2c(-c3ccc(F)cc3)cnn21)Nc1ccc(F)c(Cl)c1. The molecule has 1 aromatic heterocycles. The highest BCUT2D eigenvalue weighted by molar-refractivity contribution is 6.31. The molecule has 3 aromatic rings. The molecule has 4 rings (SSSR count). The van der Waals surface area contributed by atoms with Gasteiger partial charge in [0.15, 0.2) is 0 Å². The van der Waals surface area contributed by atoms with Crippen LogP contribution in [0.3, 0.4) is 0 Å². The van der Waals surface area contributed by atoms with Gasteiger partial charge < -0.3 is 10.6 Å². The molecular formula is C19H13ClF2N4O2. The number of amides is 2. The summed E-state index contributed by atoms with van der Waals surface area (Å²) in [6.07, 6.45) is 1.38. The molecule has 1 unspecified atom stereocenters. The molecule has 2 aromatic carbocycles. The topological polar surface area (TPSA) is 76.0 Å². The first-order chi connectivity index (χ1) is 13.4. The molecule has 0 radical (unpaired) electrons. The van der Waals surface area contributed by atoms with Gasteiger partial charge in [-0.05, 0) is 35.9 Å². The molecule has 142 valence electrons. The van der Waals surface area contributed by atoms with E-state index in [2.05, 4.69) is 15.7 Å². The van der Waals surface area contributed by atoms with Crippen LogP contribution in [0.1, 0.15) is 12.5 Å². The lowest BCUT2D eigenvalue weighted by molar-refractivity contribution is -0.123. The Bertz CT molecular complexity index is 1080. The maximum Gasteiger partial charge on any atom is 0.251 e. The Morgan fingerprint density at radius 2 is 1.96 bits per heavy atom. The summed E-state index contributed by atoms with van der Waals surface area (Å²) in [7, 11) is 0. The van der Waals surface area contributed by atoms with E-state index >= 15 is 0 Å². The van der Waals surface area contributed by atoms with Crippen molar-refractivity contribution in [2.24, 2.45) is 0 Å². The van der Waals surface area contributed by atoms with E-state index in [9.17, 15) is 18.4 Å². The van der Waals surface area contributed by atoms with Crippen LogP contribution in [0.15, 0.2) is 48.7 Å². The van der Waals surface area contributed by atoms with E-state index in [1.807, 2.05) is 0 Å². The second kappa shape index (κ2) is 7.05. The van der Waals surface area contributed by atoms with Crippen molar-refractivity contribution in [2.75, 3.05) is 10.6 Å². The van der Waals surface area contributed by atoms with Gasteiger partial charge >= 0.3 is 0 Å². The Morgan fingerprint density at radius 3 is 2.68 bits per heavy atom. The van der Waals surface area contributed by atoms with Gasteiger partial charge in [-0.1, -0.05) is 23.7 Å². The molecule has 28 heavy (non-hydrogen) atoms. The van der Waals surface area contributed by atoms with Crippen LogP contribution in [-0.2, 0) is 9.59 Å². The molecule has 2 amide bonds. The number of rotatable bonds is 4. The van der Waals surface area contributed by atoms with Gasteiger partial charge in [0.1, 0.15) is 23.5 Å². The van der Waals surface area contributed by atoms with Crippen molar-refractivity contribution in [3.63, 3.8) is 0 Å². The first kappa shape index (κ1) is 18.1. The van der Waals surface area contributed by atoms with Crippen LogP contribution < -0.4 is 10.6 Å². The molecule has 2 heterocycles. The molecule has 2 N–H and O–H groups in total. The Kier molecular flexibility index (Phi) is 4.56. The minimum atomic E-state index is -0.833. The highest BCUT2D eigenvalue weighted by atomic mass is 35.5. The van der Waals surface area contributed by atoms with E-state index < -0.39 is 17.8 Å². The van der Waals surface area contributed by atoms with Gasteiger partial charge in [-0.25, -0.2) is 13.5 Å². The quantitative estimate of drug-likeness (QED) is 0.692. The Hall–Kier alpha value is -3.26. The predicted octanol–water partition coefficient (Wildman–Crippen LogP) is 4.00. The average molecular weight is 403 g/mol. The summed E-state index contributed by atoms with van der Waals surface area (Å²) >= 11 is 5.70. The number of anilines is 2. The fourth-order valence-electron chi connectivity index (χ4n) is 3.02. The zero-order valence-electron chi connectivity index (χ0n) is 14.2. The van der Waals surface area contributed by atoms with Gasteiger partial charge in [0.25, 0.3) is 5.91 Å². The Labute approximate surface area is 163 Å². The van der Waals surface area contributed by atoms with Gasteiger partial charge in [-0.3, -0.25) is 9.59 Å². The number of hydrogen-bond donors (Lipinski definition) is 2. The summed E-state index contributed by atoms with van der Waals surface area (Å²) in [6.45, 7) is 0. The van der Waals surface area contributed by atoms with Gasteiger partial charge in [-0.15, -0.1) is 0 Å². The van der Waals surface area contributed by atoms with Crippen LogP contribution in [0.5, 0.6) is 0 Å². The van der Waals surface area contributed by atoms with E-state index in [1.54, 1.807) is 18.3 Å². The van der Waals surface area contributed by atoms with Crippen molar-refractivity contribution in [2.45, 2.75) is 12.5 Å². The number of hydrogen-bond acceptors (Lipinski definition) is 3. The zero-order chi connectivity index (χ0) is 19.8. The van der Waals surface area contributed by atoms with Gasteiger partial charge in [-0.2, -0.15) is 5.10 Å². The number of halogens is 3. The molecule has 0 fully saturated rings. The molecule has 0 saturated heterocycles.